The predicted molar refractivity (Wildman–Crippen MR) is 83.0 cm³/mol. The predicted octanol–water partition coefficient (Wildman–Crippen LogP) is 2.55. The van der Waals surface area contributed by atoms with Gasteiger partial charge in [-0.1, -0.05) is 20.8 Å². The fourth-order valence-electron chi connectivity index (χ4n) is 2.19. The van der Waals surface area contributed by atoms with Gasteiger partial charge < -0.3 is 9.97 Å². The molecule has 120 valence electrons. The summed E-state index contributed by atoms with van der Waals surface area (Å²) in [5, 5.41) is 34.8. The lowest BCUT2D eigenvalue weighted by molar-refractivity contribution is 0.557. The summed E-state index contributed by atoms with van der Waals surface area (Å²) in [6, 6.07) is 3.68. The molecule has 3 rings (SSSR count). The first-order valence-electron chi connectivity index (χ1n) is 7.11. The highest BCUT2D eigenvalue weighted by molar-refractivity contribution is 5.67. The average Bonchev–Trinajstić information content (AvgIpc) is 3.16. The summed E-state index contributed by atoms with van der Waals surface area (Å²) >= 11 is 0. The Morgan fingerprint density at radius 3 is 2.42 bits per heavy atom. The van der Waals surface area contributed by atoms with Crippen molar-refractivity contribution in [2.24, 2.45) is 10.2 Å². The highest BCUT2D eigenvalue weighted by atomic mass is 15.5. The largest absolute Gasteiger partial charge is 0.324 e. The van der Waals surface area contributed by atoms with E-state index in [1.807, 2.05) is 39.8 Å². The number of aromatic nitrogens is 6. The van der Waals surface area contributed by atoms with Crippen molar-refractivity contribution in [1.29, 1.82) is 10.5 Å². The minimum atomic E-state index is -0.268. The van der Waals surface area contributed by atoms with Gasteiger partial charge in [0.1, 0.15) is 18.0 Å². The summed E-state index contributed by atoms with van der Waals surface area (Å²) in [5.74, 6) is 0.782. The molecule has 0 amide bonds. The molecule has 3 aromatic rings. The van der Waals surface area contributed by atoms with Crippen LogP contribution in [0.1, 0.15) is 43.7 Å². The average molecular weight is 322 g/mol. The monoisotopic (exact) mass is 322 g/mol. The Balaban J connectivity index is 2.10. The second kappa shape index (κ2) is 5.28. The van der Waals surface area contributed by atoms with Crippen molar-refractivity contribution in [1.82, 2.24) is 29.8 Å². The van der Waals surface area contributed by atoms with Gasteiger partial charge in [-0.25, -0.2) is 0 Å². The molecular formula is C14H14N10. The van der Waals surface area contributed by atoms with Crippen molar-refractivity contribution in [3.05, 3.63) is 22.9 Å². The summed E-state index contributed by atoms with van der Waals surface area (Å²) in [4.78, 5) is 9.67. The third kappa shape index (κ3) is 2.50. The molecule has 0 atom stereocenters. The molecule has 3 heterocycles. The maximum Gasteiger partial charge on any atom is 0.249 e. The highest BCUT2D eigenvalue weighted by Crippen LogP contribution is 2.34. The van der Waals surface area contributed by atoms with Crippen LogP contribution in [0.5, 0.6) is 0 Å². The molecule has 0 aromatic carbocycles. The molecule has 2 N–H and O–H groups in total. The standard InChI is InChI=1S/C14H14N10/c1-7-17-12-10(11(14(2,3)4)23-24(12)22-7)20-21-13-18-8(5-15)9(6-16)19-13/h1-4H3,(H,17,22)(H,18,19). The zero-order valence-corrected chi connectivity index (χ0v) is 13.6. The van der Waals surface area contributed by atoms with E-state index in [0.717, 1.165) is 5.69 Å². The molecule has 0 saturated heterocycles. The van der Waals surface area contributed by atoms with Crippen LogP contribution < -0.4 is 0 Å². The third-order valence-corrected chi connectivity index (χ3v) is 3.25. The van der Waals surface area contributed by atoms with Crippen molar-refractivity contribution < 1.29 is 0 Å². The number of aryl methyl sites for hydroxylation is 1. The molecule has 0 radical (unpaired) electrons. The van der Waals surface area contributed by atoms with E-state index in [2.05, 4.69) is 35.4 Å². The number of nitrogens with one attached hydrogen (secondary N) is 2. The van der Waals surface area contributed by atoms with Gasteiger partial charge in [-0.15, -0.1) is 20.0 Å². The van der Waals surface area contributed by atoms with Gasteiger partial charge in [0.15, 0.2) is 22.7 Å². The number of nitrogens with zero attached hydrogens (tertiary/aromatic N) is 8. The fraction of sp³-hybridized carbons (Fsp3) is 0.357. The lowest BCUT2D eigenvalue weighted by Crippen LogP contribution is -2.12. The highest BCUT2D eigenvalue weighted by Gasteiger charge is 2.26. The molecule has 0 bridgehead atoms. The number of hydrogen-bond acceptors (Lipinski definition) is 7. The summed E-state index contributed by atoms with van der Waals surface area (Å²) < 4.78 is 1.48. The number of H-pyrrole nitrogens is 2. The molecule has 3 aromatic heterocycles. The van der Waals surface area contributed by atoms with Crippen molar-refractivity contribution in [3.63, 3.8) is 0 Å². The van der Waals surface area contributed by atoms with Crippen LogP contribution in [0.15, 0.2) is 10.2 Å². The second-order valence-corrected chi connectivity index (χ2v) is 6.20. The number of imidazole rings is 1. The Hall–Kier alpha value is -3.53. The van der Waals surface area contributed by atoms with Gasteiger partial charge in [0, 0.05) is 5.41 Å². The van der Waals surface area contributed by atoms with E-state index in [1.165, 1.54) is 4.63 Å². The number of nitriles is 2. The van der Waals surface area contributed by atoms with Gasteiger partial charge >= 0.3 is 0 Å². The number of fused-ring (bicyclic) bond motifs is 1. The lowest BCUT2D eigenvalue weighted by Gasteiger charge is -2.14. The lowest BCUT2D eigenvalue weighted by atomic mass is 9.91. The molecular weight excluding hydrogens is 308 g/mol. The van der Waals surface area contributed by atoms with Crippen LogP contribution in [-0.4, -0.2) is 29.8 Å². The van der Waals surface area contributed by atoms with Gasteiger partial charge in [-0.3, -0.25) is 0 Å². The van der Waals surface area contributed by atoms with Crippen molar-refractivity contribution >= 4 is 17.3 Å². The van der Waals surface area contributed by atoms with Crippen molar-refractivity contribution in [2.75, 3.05) is 0 Å². The maximum absolute atomic E-state index is 8.94. The first-order valence-corrected chi connectivity index (χ1v) is 7.11. The maximum atomic E-state index is 8.94. The molecule has 24 heavy (non-hydrogen) atoms. The molecule has 0 fully saturated rings. The number of azo groups is 1. The van der Waals surface area contributed by atoms with E-state index in [1.54, 1.807) is 0 Å². The Morgan fingerprint density at radius 2 is 1.83 bits per heavy atom. The van der Waals surface area contributed by atoms with Crippen LogP contribution in [0.3, 0.4) is 0 Å². The smallest absolute Gasteiger partial charge is 0.249 e. The summed E-state index contributed by atoms with van der Waals surface area (Å²) in [7, 11) is 0. The van der Waals surface area contributed by atoms with E-state index in [4.69, 9.17) is 10.5 Å². The van der Waals surface area contributed by atoms with Gasteiger partial charge in [0.05, 0.1) is 5.69 Å². The number of hydrogen-bond donors (Lipinski definition) is 2. The Labute approximate surface area is 136 Å². The SMILES string of the molecule is Cc1nn2nc(C(C)(C)C)c(N=Nc3nc(C#N)c(C#N)[nH]3)c2[nH]1. The van der Waals surface area contributed by atoms with Crippen LogP contribution in [0, 0.1) is 29.6 Å². The molecule has 0 unspecified atom stereocenters. The molecule has 0 saturated carbocycles. The van der Waals surface area contributed by atoms with Gasteiger partial charge in [-0.2, -0.15) is 20.6 Å². The van der Waals surface area contributed by atoms with E-state index in [9.17, 15) is 0 Å². The van der Waals surface area contributed by atoms with Gasteiger partial charge in [0.25, 0.3) is 0 Å². The number of aromatic amines is 2. The van der Waals surface area contributed by atoms with Crippen LogP contribution >= 0.6 is 0 Å². The summed E-state index contributed by atoms with van der Waals surface area (Å²) in [5.41, 5.74) is 1.65. The Kier molecular flexibility index (Phi) is 3.38. The molecule has 0 aliphatic heterocycles. The topological polar surface area (TPSA) is 147 Å². The summed E-state index contributed by atoms with van der Waals surface area (Å²) in [6.45, 7) is 7.84. The molecule has 0 aliphatic rings. The first-order chi connectivity index (χ1) is 11.3. The number of rotatable bonds is 2. The molecule has 0 spiro atoms. The van der Waals surface area contributed by atoms with Gasteiger partial charge in [-0.05, 0) is 6.92 Å². The minimum Gasteiger partial charge on any atom is -0.324 e. The summed E-state index contributed by atoms with van der Waals surface area (Å²) in [6.07, 6.45) is 0. The third-order valence-electron chi connectivity index (χ3n) is 3.25. The quantitative estimate of drug-likeness (QED) is 0.696. The zero-order valence-electron chi connectivity index (χ0n) is 13.6. The van der Waals surface area contributed by atoms with Crippen LogP contribution in [0.25, 0.3) is 5.65 Å². The van der Waals surface area contributed by atoms with Crippen LogP contribution in [-0.2, 0) is 5.41 Å². The first kappa shape index (κ1) is 15.4. The van der Waals surface area contributed by atoms with Crippen LogP contribution in [0.4, 0.5) is 11.6 Å². The van der Waals surface area contributed by atoms with Gasteiger partial charge in [0.2, 0.25) is 5.95 Å². The van der Waals surface area contributed by atoms with E-state index in [-0.39, 0.29) is 22.8 Å². The second-order valence-electron chi connectivity index (χ2n) is 6.20. The molecule has 0 aliphatic carbocycles. The Bertz CT molecular complexity index is 993. The molecule has 10 heteroatoms. The molecule has 10 nitrogen and oxygen atoms in total. The van der Waals surface area contributed by atoms with E-state index >= 15 is 0 Å². The van der Waals surface area contributed by atoms with Crippen LogP contribution in [0.2, 0.25) is 0 Å². The van der Waals surface area contributed by atoms with E-state index < -0.39 is 0 Å². The van der Waals surface area contributed by atoms with E-state index in [0.29, 0.717) is 17.2 Å². The van der Waals surface area contributed by atoms with Crippen molar-refractivity contribution in [2.45, 2.75) is 33.1 Å². The zero-order chi connectivity index (χ0) is 17.5. The van der Waals surface area contributed by atoms with Crippen molar-refractivity contribution in [3.8, 4) is 12.1 Å². The minimum absolute atomic E-state index is 0.0139. The fourth-order valence-corrected chi connectivity index (χ4v) is 2.19. The Morgan fingerprint density at radius 1 is 1.08 bits per heavy atom. The normalized spacial score (nSPS) is 11.9.